The summed E-state index contributed by atoms with van der Waals surface area (Å²) in [4.78, 5) is 8.30. The van der Waals surface area contributed by atoms with Gasteiger partial charge in [0.1, 0.15) is 12.4 Å². The summed E-state index contributed by atoms with van der Waals surface area (Å²) in [6, 6.07) is 9.05. The van der Waals surface area contributed by atoms with Gasteiger partial charge in [-0.1, -0.05) is 0 Å². The van der Waals surface area contributed by atoms with Crippen molar-refractivity contribution in [2.45, 2.75) is 0 Å². The molecule has 1 heterocycles. The Morgan fingerprint density at radius 3 is 2.40 bits per heavy atom. The van der Waals surface area contributed by atoms with Crippen LogP contribution in [-0.4, -0.2) is 23.1 Å². The smallest absolute Gasteiger partial charge is 0.159 e. The first-order valence-corrected chi connectivity index (χ1v) is 5.82. The Morgan fingerprint density at radius 1 is 1.20 bits per heavy atom. The van der Waals surface area contributed by atoms with Gasteiger partial charge in [-0.3, -0.25) is 0 Å². The van der Waals surface area contributed by atoms with Crippen LogP contribution < -0.4 is 10.5 Å². The van der Waals surface area contributed by atoms with Crippen molar-refractivity contribution in [2.24, 2.45) is 5.73 Å². The Hall–Kier alpha value is -1.98. The maximum absolute atomic E-state index is 12.3. The summed E-state index contributed by atoms with van der Waals surface area (Å²) in [5, 5.41) is 0. The molecule has 0 radical (unpaired) electrons. The maximum Gasteiger partial charge on any atom is 0.159 e. The fraction of sp³-hybridized carbons (Fsp3) is 0.143. The molecule has 106 valence electrons. The second-order valence-electron chi connectivity index (χ2n) is 3.86. The first-order chi connectivity index (χ1) is 9.33. The van der Waals surface area contributed by atoms with Gasteiger partial charge >= 0.3 is 0 Å². The van der Waals surface area contributed by atoms with E-state index >= 15 is 0 Å². The minimum absolute atomic E-state index is 0. The Labute approximate surface area is 122 Å². The van der Waals surface area contributed by atoms with E-state index in [1.165, 1.54) is 0 Å². The number of hydrogen-bond donors (Lipinski definition) is 1. The summed E-state index contributed by atoms with van der Waals surface area (Å²) >= 11 is 0. The van der Waals surface area contributed by atoms with E-state index in [1.807, 2.05) is 12.1 Å². The predicted molar refractivity (Wildman–Crippen MR) is 78.5 cm³/mol. The van der Waals surface area contributed by atoms with E-state index in [4.69, 9.17) is 10.5 Å². The fourth-order valence-electron chi connectivity index (χ4n) is 1.46. The van der Waals surface area contributed by atoms with Crippen LogP contribution in [0.2, 0.25) is 0 Å². The van der Waals surface area contributed by atoms with Crippen molar-refractivity contribution in [3.63, 3.8) is 0 Å². The number of rotatable bonds is 5. The molecule has 0 aliphatic rings. The lowest BCUT2D eigenvalue weighted by Crippen LogP contribution is -2.10. The molecule has 0 unspecified atom stereocenters. The number of halogens is 2. The fourth-order valence-corrected chi connectivity index (χ4v) is 1.46. The molecule has 1 aromatic heterocycles. The average molecular weight is 296 g/mol. The Bertz CT molecular complexity index is 546. The third-order valence-electron chi connectivity index (χ3n) is 2.52. The minimum atomic E-state index is 0. The maximum atomic E-state index is 12.3. The standard InChI is InChI=1S/C14H14FN3O.ClH/c15-8-11(9-16)10-19-13-4-2-12(3-5-13)14-17-6-1-7-18-14;/h1-8H,9-10,16H2;1H/b11-8-;. The summed E-state index contributed by atoms with van der Waals surface area (Å²) in [6.07, 6.45) is 3.85. The van der Waals surface area contributed by atoms with Gasteiger partial charge in [0.2, 0.25) is 0 Å². The second kappa shape index (κ2) is 8.24. The third-order valence-corrected chi connectivity index (χ3v) is 2.52. The van der Waals surface area contributed by atoms with Gasteiger partial charge in [-0.25, -0.2) is 14.4 Å². The van der Waals surface area contributed by atoms with E-state index in [-0.39, 0.29) is 25.6 Å². The van der Waals surface area contributed by atoms with Crippen LogP contribution in [0.4, 0.5) is 4.39 Å². The number of nitrogens with two attached hydrogens (primary N) is 1. The van der Waals surface area contributed by atoms with Crippen LogP contribution in [0.3, 0.4) is 0 Å². The van der Waals surface area contributed by atoms with Crippen LogP contribution in [0.15, 0.2) is 54.6 Å². The van der Waals surface area contributed by atoms with E-state index in [9.17, 15) is 4.39 Å². The van der Waals surface area contributed by atoms with Gasteiger partial charge in [-0.05, 0) is 30.3 Å². The van der Waals surface area contributed by atoms with Crippen molar-refractivity contribution in [3.05, 3.63) is 54.6 Å². The van der Waals surface area contributed by atoms with Crippen LogP contribution >= 0.6 is 12.4 Å². The molecule has 0 atom stereocenters. The molecular formula is C14H15ClFN3O. The van der Waals surface area contributed by atoms with Crippen molar-refractivity contribution >= 4 is 12.4 Å². The van der Waals surface area contributed by atoms with Crippen molar-refractivity contribution in [3.8, 4) is 17.1 Å². The summed E-state index contributed by atoms with van der Waals surface area (Å²) in [7, 11) is 0. The molecule has 0 amide bonds. The molecule has 0 saturated heterocycles. The molecule has 0 fully saturated rings. The zero-order chi connectivity index (χ0) is 13.5. The van der Waals surface area contributed by atoms with Crippen LogP contribution in [0.1, 0.15) is 0 Å². The Kier molecular flexibility index (Phi) is 6.63. The SMILES string of the molecule is Cl.NC/C(=C/F)COc1ccc(-c2ncccn2)cc1. The molecule has 4 nitrogen and oxygen atoms in total. The monoisotopic (exact) mass is 295 g/mol. The second-order valence-corrected chi connectivity index (χ2v) is 3.86. The molecule has 0 aliphatic carbocycles. The van der Waals surface area contributed by atoms with Gasteiger partial charge in [0, 0.05) is 30.1 Å². The van der Waals surface area contributed by atoms with E-state index in [0.717, 1.165) is 5.56 Å². The highest BCUT2D eigenvalue weighted by Gasteiger charge is 2.01. The molecule has 6 heteroatoms. The molecule has 2 N–H and O–H groups in total. The summed E-state index contributed by atoms with van der Waals surface area (Å²) < 4.78 is 17.7. The Balaban J connectivity index is 0.00000200. The van der Waals surface area contributed by atoms with Crippen LogP contribution in [0, 0.1) is 0 Å². The van der Waals surface area contributed by atoms with Gasteiger partial charge < -0.3 is 10.5 Å². The van der Waals surface area contributed by atoms with Gasteiger partial charge in [-0.2, -0.15) is 0 Å². The van der Waals surface area contributed by atoms with Crippen LogP contribution in [0.25, 0.3) is 11.4 Å². The quantitative estimate of drug-likeness (QED) is 0.921. The molecule has 2 aromatic rings. The zero-order valence-corrected chi connectivity index (χ0v) is 11.5. The molecule has 0 spiro atoms. The van der Waals surface area contributed by atoms with Crippen molar-refractivity contribution in [1.82, 2.24) is 9.97 Å². The first-order valence-electron chi connectivity index (χ1n) is 5.82. The van der Waals surface area contributed by atoms with Crippen LogP contribution in [-0.2, 0) is 0 Å². The highest BCUT2D eigenvalue weighted by atomic mass is 35.5. The predicted octanol–water partition coefficient (Wildman–Crippen LogP) is 2.76. The third kappa shape index (κ3) is 4.29. The van der Waals surface area contributed by atoms with Crippen molar-refractivity contribution in [1.29, 1.82) is 0 Å². The van der Waals surface area contributed by atoms with Gasteiger partial charge in [0.15, 0.2) is 5.82 Å². The van der Waals surface area contributed by atoms with E-state index < -0.39 is 0 Å². The van der Waals surface area contributed by atoms with Crippen LogP contribution in [0.5, 0.6) is 5.75 Å². The summed E-state index contributed by atoms with van der Waals surface area (Å²) in [5.74, 6) is 1.30. The van der Waals surface area contributed by atoms with Crippen molar-refractivity contribution < 1.29 is 9.13 Å². The first kappa shape index (κ1) is 16.1. The number of ether oxygens (including phenoxy) is 1. The van der Waals surface area contributed by atoms with E-state index in [0.29, 0.717) is 23.5 Å². The normalized spacial score (nSPS) is 10.8. The number of aromatic nitrogens is 2. The van der Waals surface area contributed by atoms with Gasteiger partial charge in [0.25, 0.3) is 0 Å². The number of hydrogen-bond acceptors (Lipinski definition) is 4. The zero-order valence-electron chi connectivity index (χ0n) is 10.7. The molecule has 20 heavy (non-hydrogen) atoms. The molecular weight excluding hydrogens is 281 g/mol. The van der Waals surface area contributed by atoms with E-state index in [2.05, 4.69) is 9.97 Å². The van der Waals surface area contributed by atoms with Gasteiger partial charge in [0.05, 0.1) is 6.33 Å². The summed E-state index contributed by atoms with van der Waals surface area (Å²) in [5.41, 5.74) is 6.65. The highest BCUT2D eigenvalue weighted by molar-refractivity contribution is 5.85. The topological polar surface area (TPSA) is 61.0 Å². The lowest BCUT2D eigenvalue weighted by molar-refractivity contribution is 0.347. The van der Waals surface area contributed by atoms with Crippen molar-refractivity contribution in [2.75, 3.05) is 13.2 Å². The number of nitrogens with zero attached hydrogens (tertiary/aromatic N) is 2. The summed E-state index contributed by atoms with van der Waals surface area (Å²) in [6.45, 7) is 0.292. The highest BCUT2D eigenvalue weighted by Crippen LogP contribution is 2.19. The Morgan fingerprint density at radius 2 is 1.85 bits per heavy atom. The molecule has 2 rings (SSSR count). The largest absolute Gasteiger partial charge is 0.489 e. The van der Waals surface area contributed by atoms with E-state index in [1.54, 1.807) is 30.6 Å². The molecule has 0 saturated carbocycles. The minimum Gasteiger partial charge on any atom is -0.489 e. The molecule has 1 aromatic carbocycles. The lowest BCUT2D eigenvalue weighted by atomic mass is 10.2. The lowest BCUT2D eigenvalue weighted by Gasteiger charge is -2.07. The molecule has 0 bridgehead atoms. The average Bonchev–Trinajstić information content (AvgIpc) is 2.50. The number of benzene rings is 1. The van der Waals surface area contributed by atoms with Gasteiger partial charge in [-0.15, -0.1) is 12.4 Å². The molecule has 0 aliphatic heterocycles.